The molecule has 1 N–H and O–H groups in total. The van der Waals surface area contributed by atoms with E-state index in [1.54, 1.807) is 18.2 Å². The lowest BCUT2D eigenvalue weighted by atomic mass is 9.99. The summed E-state index contributed by atoms with van der Waals surface area (Å²) in [6.07, 6.45) is 1.70. The monoisotopic (exact) mass is 349 g/mol. The molecule has 0 radical (unpaired) electrons. The minimum Gasteiger partial charge on any atom is -0.282 e. The van der Waals surface area contributed by atoms with Gasteiger partial charge < -0.3 is 0 Å². The first-order chi connectivity index (χ1) is 10.5. The molecule has 0 atom stereocenters. The molecule has 0 aromatic heterocycles. The number of imide groups is 1. The van der Waals surface area contributed by atoms with Gasteiger partial charge in [-0.2, -0.15) is 0 Å². The minimum atomic E-state index is -0.376. The van der Waals surface area contributed by atoms with E-state index in [0.717, 1.165) is 28.5 Å². The molecule has 1 aliphatic heterocycles. The molecule has 1 aliphatic rings. The van der Waals surface area contributed by atoms with Crippen molar-refractivity contribution in [3.05, 3.63) is 63.0 Å². The standard InChI is InChI=1S/C16H9Cl2NO2S/c17-12-6-5-10(7-13(12)18)11-4-2-1-3-9(11)8-14-15(20)19-16(21)22-14/h1-8H,(H,19,20,21). The van der Waals surface area contributed by atoms with Crippen LogP contribution in [0.25, 0.3) is 17.2 Å². The van der Waals surface area contributed by atoms with E-state index in [1.807, 2.05) is 30.3 Å². The average molecular weight is 350 g/mol. The van der Waals surface area contributed by atoms with Gasteiger partial charge in [0.2, 0.25) is 0 Å². The van der Waals surface area contributed by atoms with Gasteiger partial charge in [-0.05, 0) is 46.7 Å². The minimum absolute atomic E-state index is 0.358. The Morgan fingerprint density at radius 3 is 2.45 bits per heavy atom. The van der Waals surface area contributed by atoms with Crippen molar-refractivity contribution in [3.63, 3.8) is 0 Å². The highest BCUT2D eigenvalue weighted by atomic mass is 35.5. The molecule has 0 unspecified atom stereocenters. The summed E-state index contributed by atoms with van der Waals surface area (Å²) in [7, 11) is 0. The Morgan fingerprint density at radius 2 is 1.77 bits per heavy atom. The first-order valence-electron chi connectivity index (χ1n) is 6.34. The third kappa shape index (κ3) is 3.04. The Balaban J connectivity index is 2.07. The Morgan fingerprint density at radius 1 is 1.00 bits per heavy atom. The van der Waals surface area contributed by atoms with E-state index in [9.17, 15) is 9.59 Å². The number of benzene rings is 2. The molecule has 3 rings (SSSR count). The normalized spacial score (nSPS) is 16.2. The van der Waals surface area contributed by atoms with Crippen molar-refractivity contribution in [2.24, 2.45) is 0 Å². The topological polar surface area (TPSA) is 46.2 Å². The maximum Gasteiger partial charge on any atom is 0.290 e. The fraction of sp³-hybridized carbons (Fsp3) is 0. The molecule has 0 spiro atoms. The average Bonchev–Trinajstić information content (AvgIpc) is 2.80. The molecular formula is C16H9Cl2NO2S. The molecule has 1 saturated heterocycles. The number of carbonyl (C=O) groups excluding carboxylic acids is 2. The Hall–Kier alpha value is -1.75. The fourth-order valence-electron chi connectivity index (χ4n) is 2.11. The van der Waals surface area contributed by atoms with E-state index >= 15 is 0 Å². The van der Waals surface area contributed by atoms with Gasteiger partial charge >= 0.3 is 0 Å². The van der Waals surface area contributed by atoms with Crippen LogP contribution in [0.15, 0.2) is 47.4 Å². The second kappa shape index (κ2) is 6.16. The van der Waals surface area contributed by atoms with Crippen molar-refractivity contribution in [1.29, 1.82) is 0 Å². The number of amides is 2. The first kappa shape index (κ1) is 15.2. The van der Waals surface area contributed by atoms with Gasteiger partial charge in [-0.25, -0.2) is 0 Å². The van der Waals surface area contributed by atoms with Crippen molar-refractivity contribution in [1.82, 2.24) is 5.32 Å². The highest BCUT2D eigenvalue weighted by molar-refractivity contribution is 8.18. The number of hydrogen-bond donors (Lipinski definition) is 1. The summed E-state index contributed by atoms with van der Waals surface area (Å²) in [5.41, 5.74) is 2.62. The zero-order chi connectivity index (χ0) is 15.7. The predicted molar refractivity (Wildman–Crippen MR) is 91.0 cm³/mol. The van der Waals surface area contributed by atoms with Gasteiger partial charge in [0.25, 0.3) is 11.1 Å². The Labute approximate surface area is 141 Å². The third-order valence-electron chi connectivity index (χ3n) is 3.12. The third-order valence-corrected chi connectivity index (χ3v) is 4.67. The molecule has 3 nitrogen and oxygen atoms in total. The van der Waals surface area contributed by atoms with Crippen molar-refractivity contribution in [3.8, 4) is 11.1 Å². The van der Waals surface area contributed by atoms with Crippen LogP contribution in [0.2, 0.25) is 10.0 Å². The van der Waals surface area contributed by atoms with Gasteiger partial charge in [-0.1, -0.05) is 53.5 Å². The predicted octanol–water partition coefficient (Wildman–Crippen LogP) is 4.98. The second-order valence-corrected chi connectivity index (χ2v) is 6.40. The smallest absolute Gasteiger partial charge is 0.282 e. The number of halogens is 2. The van der Waals surface area contributed by atoms with Crippen LogP contribution in [-0.4, -0.2) is 11.1 Å². The molecule has 110 valence electrons. The fourth-order valence-corrected chi connectivity index (χ4v) is 3.08. The van der Waals surface area contributed by atoms with E-state index in [1.165, 1.54) is 0 Å². The highest BCUT2D eigenvalue weighted by Gasteiger charge is 2.25. The summed E-state index contributed by atoms with van der Waals surface area (Å²) in [5.74, 6) is -0.376. The lowest BCUT2D eigenvalue weighted by Crippen LogP contribution is -2.17. The summed E-state index contributed by atoms with van der Waals surface area (Å²) in [6, 6.07) is 12.9. The molecule has 22 heavy (non-hydrogen) atoms. The van der Waals surface area contributed by atoms with Crippen molar-refractivity contribution < 1.29 is 9.59 Å². The quantitative estimate of drug-likeness (QED) is 0.777. The van der Waals surface area contributed by atoms with E-state index in [2.05, 4.69) is 5.32 Å². The summed E-state index contributed by atoms with van der Waals surface area (Å²) < 4.78 is 0. The lowest BCUT2D eigenvalue weighted by Gasteiger charge is -2.08. The summed E-state index contributed by atoms with van der Waals surface area (Å²) in [5, 5.41) is 2.83. The summed E-state index contributed by atoms with van der Waals surface area (Å²) in [4.78, 5) is 23.3. The van der Waals surface area contributed by atoms with Crippen molar-refractivity contribution in [2.75, 3.05) is 0 Å². The van der Waals surface area contributed by atoms with Crippen LogP contribution in [-0.2, 0) is 4.79 Å². The number of rotatable bonds is 2. The number of carbonyl (C=O) groups is 2. The molecule has 2 aromatic carbocycles. The maximum absolute atomic E-state index is 11.7. The van der Waals surface area contributed by atoms with Crippen LogP contribution in [0.3, 0.4) is 0 Å². The van der Waals surface area contributed by atoms with Crippen LogP contribution in [0.1, 0.15) is 5.56 Å². The van der Waals surface area contributed by atoms with Crippen LogP contribution in [0, 0.1) is 0 Å². The Bertz CT molecular complexity index is 818. The Kier molecular flexibility index (Phi) is 4.25. The highest BCUT2D eigenvalue weighted by Crippen LogP contribution is 2.33. The molecule has 0 aliphatic carbocycles. The molecule has 1 heterocycles. The number of thioether (sulfide) groups is 1. The van der Waals surface area contributed by atoms with Crippen molar-refractivity contribution in [2.45, 2.75) is 0 Å². The van der Waals surface area contributed by atoms with Crippen LogP contribution < -0.4 is 5.32 Å². The molecular weight excluding hydrogens is 341 g/mol. The van der Waals surface area contributed by atoms with Gasteiger partial charge in [-0.15, -0.1) is 0 Å². The second-order valence-electron chi connectivity index (χ2n) is 4.57. The van der Waals surface area contributed by atoms with Gasteiger partial charge in [-0.3, -0.25) is 14.9 Å². The van der Waals surface area contributed by atoms with Gasteiger partial charge in [0.15, 0.2) is 0 Å². The van der Waals surface area contributed by atoms with E-state index in [0.29, 0.717) is 15.0 Å². The van der Waals surface area contributed by atoms with Crippen LogP contribution in [0.5, 0.6) is 0 Å². The molecule has 0 saturated carbocycles. The lowest BCUT2D eigenvalue weighted by molar-refractivity contribution is -0.115. The van der Waals surface area contributed by atoms with Crippen LogP contribution in [0.4, 0.5) is 4.79 Å². The SMILES string of the molecule is O=C1NC(=O)C(=Cc2ccccc2-c2ccc(Cl)c(Cl)c2)S1. The summed E-state index contributed by atoms with van der Waals surface area (Å²) >= 11 is 12.9. The van der Waals surface area contributed by atoms with Crippen molar-refractivity contribution >= 4 is 52.2 Å². The van der Waals surface area contributed by atoms with Crippen LogP contribution >= 0.6 is 35.0 Å². The number of hydrogen-bond acceptors (Lipinski definition) is 3. The zero-order valence-electron chi connectivity index (χ0n) is 11.1. The molecule has 1 fully saturated rings. The first-order valence-corrected chi connectivity index (χ1v) is 7.91. The van der Waals surface area contributed by atoms with Gasteiger partial charge in [0, 0.05) is 0 Å². The van der Waals surface area contributed by atoms with E-state index < -0.39 is 0 Å². The molecule has 6 heteroatoms. The largest absolute Gasteiger partial charge is 0.290 e. The maximum atomic E-state index is 11.7. The summed E-state index contributed by atoms with van der Waals surface area (Å²) in [6.45, 7) is 0. The van der Waals surface area contributed by atoms with Gasteiger partial charge in [0.05, 0.1) is 15.0 Å². The van der Waals surface area contributed by atoms with E-state index in [-0.39, 0.29) is 11.1 Å². The molecule has 2 aromatic rings. The molecule has 2 amide bonds. The molecule has 0 bridgehead atoms. The van der Waals surface area contributed by atoms with E-state index in [4.69, 9.17) is 23.2 Å². The number of nitrogens with one attached hydrogen (secondary N) is 1. The van der Waals surface area contributed by atoms with Gasteiger partial charge in [0.1, 0.15) is 0 Å². The zero-order valence-corrected chi connectivity index (χ0v) is 13.4.